The molecule has 69 heavy (non-hydrogen) atoms. The first-order valence-corrected chi connectivity index (χ1v) is 23.7. The van der Waals surface area contributed by atoms with E-state index in [-0.39, 0.29) is 0 Å². The van der Waals surface area contributed by atoms with Crippen LogP contribution in [0.15, 0.2) is 273 Å². The van der Waals surface area contributed by atoms with E-state index in [2.05, 4.69) is 250 Å². The summed E-state index contributed by atoms with van der Waals surface area (Å²) in [6.07, 6.45) is 0. The molecule has 0 aliphatic heterocycles. The van der Waals surface area contributed by atoms with Crippen molar-refractivity contribution < 1.29 is 0 Å². The third kappa shape index (κ3) is 6.99. The van der Waals surface area contributed by atoms with Crippen molar-refractivity contribution in [3.63, 3.8) is 0 Å². The summed E-state index contributed by atoms with van der Waals surface area (Å²) in [5, 5.41) is 7.60. The van der Waals surface area contributed by atoms with Crippen LogP contribution in [0.25, 0.3) is 116 Å². The molecule has 0 spiro atoms. The van der Waals surface area contributed by atoms with Crippen LogP contribution in [0.4, 0.5) is 0 Å². The molecule has 324 valence electrons. The Hall–Kier alpha value is -9.18. The molecule has 0 atom stereocenters. The van der Waals surface area contributed by atoms with E-state index in [1.807, 2.05) is 36.4 Å². The van der Waals surface area contributed by atoms with E-state index < -0.39 is 0 Å². The summed E-state index contributed by atoms with van der Waals surface area (Å²) in [7, 11) is 0. The quantitative estimate of drug-likeness (QED) is 0.158. The fourth-order valence-electron chi connectivity index (χ4n) is 10.5. The molecule has 0 aliphatic carbocycles. The van der Waals surface area contributed by atoms with Gasteiger partial charge in [0.25, 0.3) is 0 Å². The molecule has 3 aromatic heterocycles. The molecule has 0 saturated heterocycles. The van der Waals surface area contributed by atoms with E-state index in [0.29, 0.717) is 0 Å². The zero-order valence-corrected chi connectivity index (χ0v) is 37.8. The maximum Gasteiger partial charge on any atom is 0.0541 e. The molecule has 0 saturated carbocycles. The van der Waals surface area contributed by atoms with Gasteiger partial charge in [-0.3, -0.25) is 0 Å². The van der Waals surface area contributed by atoms with Gasteiger partial charge < -0.3 is 13.7 Å². The van der Waals surface area contributed by atoms with Gasteiger partial charge in [0.1, 0.15) is 0 Å². The molecule has 0 N–H and O–H groups in total. The van der Waals surface area contributed by atoms with Crippen molar-refractivity contribution in [1.29, 1.82) is 0 Å². The smallest absolute Gasteiger partial charge is 0.0541 e. The second-order valence-corrected chi connectivity index (χ2v) is 17.7. The highest BCUT2D eigenvalue weighted by Crippen LogP contribution is 2.38. The number of rotatable bonds is 6. The fourth-order valence-corrected chi connectivity index (χ4v) is 10.5. The van der Waals surface area contributed by atoms with Crippen LogP contribution in [0.3, 0.4) is 0 Å². The van der Waals surface area contributed by atoms with Crippen molar-refractivity contribution in [2.75, 3.05) is 0 Å². The highest BCUT2D eigenvalue weighted by molar-refractivity contribution is 6.11. The van der Waals surface area contributed by atoms with Gasteiger partial charge in [0.15, 0.2) is 0 Å². The largest absolute Gasteiger partial charge is 0.309 e. The normalized spacial score (nSPS) is 11.5. The predicted octanol–water partition coefficient (Wildman–Crippen LogP) is 17.7. The molecule has 0 radical (unpaired) electrons. The van der Waals surface area contributed by atoms with Crippen LogP contribution in [-0.2, 0) is 0 Å². The van der Waals surface area contributed by atoms with E-state index >= 15 is 0 Å². The predicted molar refractivity (Wildman–Crippen MR) is 292 cm³/mol. The second-order valence-electron chi connectivity index (χ2n) is 17.7. The van der Waals surface area contributed by atoms with Gasteiger partial charge in [0.05, 0.1) is 33.1 Å². The zero-order chi connectivity index (χ0) is 45.7. The molecule has 14 aromatic rings. The van der Waals surface area contributed by atoms with Gasteiger partial charge >= 0.3 is 0 Å². The van der Waals surface area contributed by atoms with Crippen molar-refractivity contribution in [3.8, 4) is 50.4 Å². The molecule has 0 aliphatic rings. The lowest BCUT2D eigenvalue weighted by atomic mass is 9.93. The Balaban J connectivity index is 0.000000729. The molecule has 0 unspecified atom stereocenters. The number of hydrogen-bond donors (Lipinski definition) is 0. The standard InChI is InChI=1S/C60H39N3.C6H6/c1-7-19-55-49(13-1)50-14-2-8-20-56(50)61(55)46-31-25-40(26-32-46)43-37-44(41-27-33-47(34-28-41)62-57-21-9-3-15-51(57)52-16-4-10-22-58(52)62)39-45(38-43)42-29-35-48(36-30-42)63-59-23-11-5-17-53(59)54-18-6-12-24-60(54)63;1-2-4-6-5-3-1/h1-39H;1-6H. The van der Waals surface area contributed by atoms with Gasteiger partial charge in [0.2, 0.25) is 0 Å². The Kier molecular flexibility index (Phi) is 9.84. The average Bonchev–Trinajstić information content (AvgIpc) is 4.08. The van der Waals surface area contributed by atoms with E-state index in [4.69, 9.17) is 0 Å². The van der Waals surface area contributed by atoms with E-state index in [1.54, 1.807) is 0 Å². The third-order valence-corrected chi connectivity index (χ3v) is 13.7. The molecule has 0 amide bonds. The molecule has 11 aromatic carbocycles. The lowest BCUT2D eigenvalue weighted by Gasteiger charge is -2.14. The van der Waals surface area contributed by atoms with E-state index in [0.717, 1.165) is 17.1 Å². The van der Waals surface area contributed by atoms with Crippen molar-refractivity contribution in [1.82, 2.24) is 13.7 Å². The minimum absolute atomic E-state index is 1.15. The lowest BCUT2D eigenvalue weighted by Crippen LogP contribution is -1.95. The van der Waals surface area contributed by atoms with Crippen molar-refractivity contribution in [3.05, 3.63) is 273 Å². The minimum Gasteiger partial charge on any atom is -0.309 e. The molecule has 0 fully saturated rings. The Labute approximate surface area is 400 Å². The number of fused-ring (bicyclic) bond motifs is 9. The fraction of sp³-hybridized carbons (Fsp3) is 0. The van der Waals surface area contributed by atoms with Crippen LogP contribution in [0.1, 0.15) is 0 Å². The summed E-state index contributed by atoms with van der Waals surface area (Å²) >= 11 is 0. The first kappa shape index (κ1) is 40.1. The molecule has 3 nitrogen and oxygen atoms in total. The van der Waals surface area contributed by atoms with Crippen molar-refractivity contribution in [2.24, 2.45) is 0 Å². The Morgan fingerprint density at radius 2 is 0.348 bits per heavy atom. The summed E-state index contributed by atoms with van der Waals surface area (Å²) in [5.41, 5.74) is 17.8. The van der Waals surface area contributed by atoms with Crippen molar-refractivity contribution >= 4 is 65.4 Å². The number of hydrogen-bond acceptors (Lipinski definition) is 0. The van der Waals surface area contributed by atoms with Crippen LogP contribution in [0.5, 0.6) is 0 Å². The lowest BCUT2D eigenvalue weighted by molar-refractivity contribution is 1.18. The maximum absolute atomic E-state index is 2.38. The SMILES string of the molecule is c1ccc2c(c1)c1ccccc1n2-c1ccc(-c2cc(-c3ccc(-n4c5ccccc5c5ccccc54)cc3)cc(-c3ccc(-n4c5ccccc5c5ccccc54)cc3)c2)cc1.c1ccccc1. The maximum atomic E-state index is 2.38. The molecule has 3 heteroatoms. The minimum atomic E-state index is 1.15. The number of nitrogens with zero attached hydrogens (tertiary/aromatic N) is 3. The average molecular weight is 880 g/mol. The Bertz CT molecular complexity index is 3550. The van der Waals surface area contributed by atoms with Gasteiger partial charge in [-0.2, -0.15) is 0 Å². The molecule has 0 bridgehead atoms. The first-order valence-electron chi connectivity index (χ1n) is 23.7. The summed E-state index contributed by atoms with van der Waals surface area (Å²) in [6.45, 7) is 0. The number of para-hydroxylation sites is 6. The van der Waals surface area contributed by atoms with Crippen LogP contribution in [0.2, 0.25) is 0 Å². The zero-order valence-electron chi connectivity index (χ0n) is 37.8. The Morgan fingerprint density at radius 1 is 0.159 bits per heavy atom. The highest BCUT2D eigenvalue weighted by Gasteiger charge is 2.16. The molecular weight excluding hydrogens is 835 g/mol. The van der Waals surface area contributed by atoms with Gasteiger partial charge in [-0.1, -0.05) is 182 Å². The van der Waals surface area contributed by atoms with Gasteiger partial charge in [-0.25, -0.2) is 0 Å². The summed E-state index contributed by atoms with van der Waals surface area (Å²) in [6, 6.07) is 98.5. The highest BCUT2D eigenvalue weighted by atomic mass is 15.0. The summed E-state index contributed by atoms with van der Waals surface area (Å²) < 4.78 is 7.15. The van der Waals surface area contributed by atoms with Gasteiger partial charge in [0, 0.05) is 49.4 Å². The van der Waals surface area contributed by atoms with Gasteiger partial charge in [-0.15, -0.1) is 0 Å². The number of benzene rings is 11. The monoisotopic (exact) mass is 879 g/mol. The summed E-state index contributed by atoms with van der Waals surface area (Å²) in [5.74, 6) is 0. The van der Waals surface area contributed by atoms with E-state index in [1.165, 1.54) is 98.8 Å². The van der Waals surface area contributed by atoms with Crippen LogP contribution < -0.4 is 0 Å². The molecule has 3 heterocycles. The second kappa shape index (κ2) is 16.9. The van der Waals surface area contributed by atoms with Crippen LogP contribution in [-0.4, -0.2) is 13.7 Å². The summed E-state index contributed by atoms with van der Waals surface area (Å²) in [4.78, 5) is 0. The topological polar surface area (TPSA) is 14.8 Å². The number of aromatic nitrogens is 3. The van der Waals surface area contributed by atoms with Crippen LogP contribution in [0, 0.1) is 0 Å². The van der Waals surface area contributed by atoms with Crippen LogP contribution >= 0.6 is 0 Å². The first-order chi connectivity index (χ1) is 34.2. The van der Waals surface area contributed by atoms with Crippen molar-refractivity contribution in [2.45, 2.75) is 0 Å². The Morgan fingerprint density at radius 3 is 0.551 bits per heavy atom. The third-order valence-electron chi connectivity index (χ3n) is 13.7. The molecular formula is C66H45N3. The van der Waals surface area contributed by atoms with Gasteiger partial charge in [-0.05, 0) is 124 Å². The molecule has 14 rings (SSSR count). The van der Waals surface area contributed by atoms with E-state index in [9.17, 15) is 0 Å².